The Balaban J connectivity index is 0.00000361. The van der Waals surface area contributed by atoms with Gasteiger partial charge < -0.3 is 11.5 Å². The second kappa shape index (κ2) is 6.00. The molecule has 0 saturated heterocycles. The molecule has 13 heavy (non-hydrogen) atoms. The van der Waals surface area contributed by atoms with Crippen LogP contribution < -0.4 is 11.5 Å². The minimum Gasteiger partial charge on any atom is -0.397 e. The highest BCUT2D eigenvalue weighted by Gasteiger charge is 1.96. The van der Waals surface area contributed by atoms with E-state index in [1.54, 1.807) is 0 Å². The first-order valence-electron chi connectivity index (χ1n) is 6.72. The molecule has 1 rings (SSSR count). The Hall–Kier alpha value is -0.540. The van der Waals surface area contributed by atoms with Crippen molar-refractivity contribution in [1.82, 2.24) is 0 Å². The number of nitrogens with two attached hydrogens (primary N) is 2. The molecule has 0 amide bonds. The van der Waals surface area contributed by atoms with Gasteiger partial charge in [0.1, 0.15) is 0 Å². The third-order valence-electron chi connectivity index (χ3n) is 1.28. The van der Waals surface area contributed by atoms with Crippen molar-refractivity contribution in [3.8, 4) is 0 Å². The SMILES string of the molecule is Cl.[2H]C([2H])([2H])C([2H])([2H])C([2H])([2H])Sc1ccc(N)c(N)c1. The smallest absolute Gasteiger partial charge is 0.0559 e. The number of hydrogen-bond acceptors (Lipinski definition) is 3. The largest absolute Gasteiger partial charge is 0.397 e. The third kappa shape index (κ3) is 3.79. The van der Waals surface area contributed by atoms with Gasteiger partial charge in [0.05, 0.1) is 11.4 Å². The van der Waals surface area contributed by atoms with E-state index < -0.39 is 18.9 Å². The van der Waals surface area contributed by atoms with E-state index in [-0.39, 0.29) is 18.1 Å². The summed E-state index contributed by atoms with van der Waals surface area (Å²) in [6.45, 7) is -3.07. The minimum atomic E-state index is -3.07. The van der Waals surface area contributed by atoms with Crippen molar-refractivity contribution < 1.29 is 9.60 Å². The molecule has 0 aliphatic heterocycles. The standard InChI is InChI=1S/C9H14N2S.ClH/c1-2-5-12-7-3-4-8(10)9(11)6-7;/h3-4,6H,2,5,10-11H2,1H3;1H/i1D3,2D2,5D2;. The van der Waals surface area contributed by atoms with E-state index >= 15 is 0 Å². The summed E-state index contributed by atoms with van der Waals surface area (Å²) in [7, 11) is 0. The highest BCUT2D eigenvalue weighted by Crippen LogP contribution is 2.24. The lowest BCUT2D eigenvalue weighted by Crippen LogP contribution is -1.93. The number of benzene rings is 1. The Morgan fingerprint density at radius 3 is 2.85 bits per heavy atom. The molecule has 1 aromatic carbocycles. The molecule has 0 bridgehead atoms. The van der Waals surface area contributed by atoms with Crippen molar-refractivity contribution in [1.29, 1.82) is 0 Å². The zero-order valence-corrected chi connectivity index (χ0v) is 8.34. The third-order valence-corrected chi connectivity index (χ3v) is 1.97. The van der Waals surface area contributed by atoms with E-state index in [0.717, 1.165) is 0 Å². The average Bonchev–Trinajstić information content (AvgIpc) is 2.21. The molecule has 0 spiro atoms. The van der Waals surface area contributed by atoms with Gasteiger partial charge in [-0.3, -0.25) is 0 Å². The van der Waals surface area contributed by atoms with Gasteiger partial charge in [-0.1, -0.05) is 6.85 Å². The van der Waals surface area contributed by atoms with Gasteiger partial charge >= 0.3 is 0 Å². The molecular formula is C9H15ClN2S. The quantitative estimate of drug-likeness (QED) is 0.615. The van der Waals surface area contributed by atoms with Crippen LogP contribution in [0.5, 0.6) is 0 Å². The second-order valence-corrected chi connectivity index (χ2v) is 3.00. The highest BCUT2D eigenvalue weighted by atomic mass is 35.5. The van der Waals surface area contributed by atoms with Gasteiger partial charge in [-0.25, -0.2) is 0 Å². The molecule has 1 aromatic rings. The molecule has 4 N–H and O–H groups in total. The summed E-state index contributed by atoms with van der Waals surface area (Å²) >= 11 is 0.465. The van der Waals surface area contributed by atoms with E-state index in [1.165, 1.54) is 18.2 Å². The van der Waals surface area contributed by atoms with Crippen molar-refractivity contribution in [2.45, 2.75) is 18.1 Å². The fraction of sp³-hybridized carbons (Fsp3) is 0.333. The summed E-state index contributed by atoms with van der Waals surface area (Å²) in [6.07, 6.45) is -3.00. The first-order valence-corrected chi connectivity index (χ1v) is 4.04. The fourth-order valence-electron chi connectivity index (χ4n) is 0.701. The zero-order valence-electron chi connectivity index (χ0n) is 13.7. The van der Waals surface area contributed by atoms with Gasteiger partial charge in [0, 0.05) is 14.5 Å². The van der Waals surface area contributed by atoms with Crippen molar-refractivity contribution >= 4 is 35.5 Å². The second-order valence-electron chi connectivity index (χ2n) is 2.12. The van der Waals surface area contributed by atoms with Crippen molar-refractivity contribution in [2.75, 3.05) is 17.2 Å². The van der Waals surface area contributed by atoms with Crippen LogP contribution in [0.15, 0.2) is 23.1 Å². The maximum Gasteiger partial charge on any atom is 0.0559 e. The van der Waals surface area contributed by atoms with Crippen LogP contribution in [0.1, 0.15) is 22.8 Å². The van der Waals surface area contributed by atoms with Crippen LogP contribution in [-0.2, 0) is 0 Å². The van der Waals surface area contributed by atoms with Crippen LogP contribution in [-0.4, -0.2) is 5.70 Å². The van der Waals surface area contributed by atoms with Crippen LogP contribution in [0.4, 0.5) is 11.4 Å². The Morgan fingerprint density at radius 1 is 1.46 bits per heavy atom. The van der Waals surface area contributed by atoms with Gasteiger partial charge in [0.25, 0.3) is 0 Å². The lowest BCUT2D eigenvalue weighted by molar-refractivity contribution is 1.10. The van der Waals surface area contributed by atoms with Gasteiger partial charge in [0.2, 0.25) is 0 Å². The van der Waals surface area contributed by atoms with Crippen LogP contribution in [0.3, 0.4) is 0 Å². The summed E-state index contributed by atoms with van der Waals surface area (Å²) in [5, 5.41) is 0. The normalized spacial score (nSPS) is 20.5. The van der Waals surface area contributed by atoms with Gasteiger partial charge in [-0.2, -0.15) is 0 Å². The summed E-state index contributed by atoms with van der Waals surface area (Å²) in [5.74, 6) is 0. The van der Waals surface area contributed by atoms with Crippen molar-refractivity contribution in [2.24, 2.45) is 0 Å². The summed E-state index contributed by atoms with van der Waals surface area (Å²) in [5.41, 5.74) is 9.00. The maximum absolute atomic E-state index is 7.67. The first-order chi connectivity index (χ1) is 8.38. The summed E-state index contributed by atoms with van der Waals surface area (Å²) in [4.78, 5) is 0.310. The van der Waals surface area contributed by atoms with Gasteiger partial charge in [-0.15, -0.1) is 24.2 Å². The lowest BCUT2D eigenvalue weighted by atomic mass is 10.3. The molecule has 74 valence electrons. The van der Waals surface area contributed by atoms with Crippen LogP contribution >= 0.6 is 24.2 Å². The first kappa shape index (κ1) is 4.80. The molecule has 0 heterocycles. The van der Waals surface area contributed by atoms with Crippen LogP contribution in [0.2, 0.25) is 0 Å². The molecule has 0 unspecified atom stereocenters. The number of nitrogen functional groups attached to an aromatic ring is 2. The fourth-order valence-corrected chi connectivity index (χ4v) is 1.19. The molecule has 2 nitrogen and oxygen atoms in total. The van der Waals surface area contributed by atoms with E-state index in [1.807, 2.05) is 0 Å². The molecular weight excluding hydrogens is 204 g/mol. The molecule has 0 atom stereocenters. The van der Waals surface area contributed by atoms with Crippen LogP contribution in [0.25, 0.3) is 0 Å². The number of halogens is 1. The average molecular weight is 226 g/mol. The van der Waals surface area contributed by atoms with E-state index in [2.05, 4.69) is 0 Å². The zero-order chi connectivity index (χ0) is 15.1. The predicted molar refractivity (Wildman–Crippen MR) is 63.5 cm³/mol. The monoisotopic (exact) mass is 225 g/mol. The number of anilines is 2. The summed E-state index contributed by atoms with van der Waals surface area (Å²) in [6, 6.07) is 4.30. The topological polar surface area (TPSA) is 52.0 Å². The highest BCUT2D eigenvalue weighted by molar-refractivity contribution is 7.99. The minimum absolute atomic E-state index is 0. The van der Waals surface area contributed by atoms with Crippen LogP contribution in [0, 0.1) is 0 Å². The summed E-state index contributed by atoms with van der Waals surface area (Å²) < 4.78 is 51.6. The maximum atomic E-state index is 7.67. The molecule has 0 radical (unpaired) electrons. The number of thioether (sulfide) groups is 1. The molecule has 0 fully saturated rings. The van der Waals surface area contributed by atoms with E-state index in [9.17, 15) is 0 Å². The predicted octanol–water partition coefficient (Wildman–Crippen LogP) is 2.77. The van der Waals surface area contributed by atoms with Crippen molar-refractivity contribution in [3.63, 3.8) is 0 Å². The van der Waals surface area contributed by atoms with Gasteiger partial charge in [0.15, 0.2) is 0 Å². The van der Waals surface area contributed by atoms with Gasteiger partial charge in [-0.05, 0) is 30.3 Å². The molecule has 0 aromatic heterocycles. The molecule has 0 aliphatic carbocycles. The van der Waals surface area contributed by atoms with E-state index in [4.69, 9.17) is 21.1 Å². The lowest BCUT2D eigenvalue weighted by Gasteiger charge is -2.03. The number of hydrogen-bond donors (Lipinski definition) is 2. The molecule has 0 saturated carbocycles. The molecule has 4 heteroatoms. The molecule has 0 aliphatic rings. The van der Waals surface area contributed by atoms with E-state index in [0.29, 0.717) is 22.3 Å². The Bertz CT molecular complexity index is 478. The Labute approximate surface area is 99.3 Å². The van der Waals surface area contributed by atoms with Crippen molar-refractivity contribution in [3.05, 3.63) is 18.2 Å². The Morgan fingerprint density at radius 2 is 2.23 bits per heavy atom. The number of rotatable bonds is 3. The Kier molecular flexibility index (Phi) is 2.22.